The van der Waals surface area contributed by atoms with Gasteiger partial charge in [0.1, 0.15) is 47.0 Å². The molecule has 0 saturated carbocycles. The summed E-state index contributed by atoms with van der Waals surface area (Å²) in [6.45, 7) is 0.771. The normalized spacial score (nSPS) is 24.5. The maximum atomic E-state index is 13.9. The highest BCUT2D eigenvalue weighted by atomic mass is 35.5. The Kier molecular flexibility index (Phi) is 6.76. The molecule has 1 fully saturated rings. The first-order chi connectivity index (χ1) is 17.6. The summed E-state index contributed by atoms with van der Waals surface area (Å²) in [7, 11) is 0. The Labute approximate surface area is 215 Å². The second-order valence-electron chi connectivity index (χ2n) is 8.27. The van der Waals surface area contributed by atoms with Gasteiger partial charge in [-0.25, -0.2) is 9.67 Å². The van der Waals surface area contributed by atoms with Crippen molar-refractivity contribution in [2.45, 2.75) is 43.6 Å². The quantitative estimate of drug-likeness (QED) is 0.337. The van der Waals surface area contributed by atoms with Crippen molar-refractivity contribution in [1.29, 1.82) is 0 Å². The Morgan fingerprint density at radius 1 is 1.16 bits per heavy atom. The van der Waals surface area contributed by atoms with Crippen molar-refractivity contribution in [3.05, 3.63) is 58.2 Å². The van der Waals surface area contributed by atoms with Gasteiger partial charge in [-0.15, -0.1) is 26.6 Å². The van der Waals surface area contributed by atoms with Gasteiger partial charge in [-0.05, 0) is 25.1 Å². The second kappa shape index (κ2) is 9.74. The van der Waals surface area contributed by atoms with E-state index >= 15 is 0 Å². The van der Waals surface area contributed by atoms with Crippen LogP contribution >= 0.6 is 22.9 Å². The first kappa shape index (κ1) is 25.7. The van der Waals surface area contributed by atoms with E-state index in [1.165, 1.54) is 29.1 Å². The zero-order valence-corrected chi connectivity index (χ0v) is 20.4. The lowest BCUT2D eigenvalue weighted by molar-refractivity contribution is -0.210. The van der Waals surface area contributed by atoms with Crippen molar-refractivity contribution in [3.8, 4) is 16.4 Å². The van der Waals surface area contributed by atoms with Crippen molar-refractivity contribution in [1.82, 2.24) is 34.7 Å². The number of aliphatic hydroxyl groups is 3. The third-order valence-corrected chi connectivity index (χ3v) is 7.00. The first-order valence-electron chi connectivity index (χ1n) is 10.8. The van der Waals surface area contributed by atoms with Crippen LogP contribution in [0.2, 0.25) is 5.02 Å². The van der Waals surface area contributed by atoms with Crippen molar-refractivity contribution < 1.29 is 33.2 Å². The maximum Gasteiger partial charge on any atom is 0.418 e. The number of halogens is 4. The number of ether oxygens (including phenoxy) is 1. The zero-order chi connectivity index (χ0) is 26.5. The van der Waals surface area contributed by atoms with E-state index in [1.807, 2.05) is 0 Å². The highest BCUT2D eigenvalue weighted by molar-refractivity contribution is 7.13. The molecule has 37 heavy (non-hydrogen) atoms. The number of aryl methyl sites for hydroxylation is 1. The SMILES string of the molecule is Cc1nnc([C@@H]2O[C@H](CO)[C@H](O)[C@H](n3cc(-c4nccs4)nn3)[C@H]2O)n1-c1cc(Cl)ccc1C(F)(F)F. The van der Waals surface area contributed by atoms with Crippen LogP contribution in [0.15, 0.2) is 36.0 Å². The molecule has 3 aromatic heterocycles. The Balaban J connectivity index is 1.60. The number of thiazole rings is 1. The first-order valence-corrected chi connectivity index (χ1v) is 12.1. The molecule has 0 spiro atoms. The minimum Gasteiger partial charge on any atom is -0.394 e. The monoisotopic (exact) mass is 557 g/mol. The fourth-order valence-corrected chi connectivity index (χ4v) is 5.04. The molecular weight excluding hydrogens is 539 g/mol. The molecule has 11 nitrogen and oxygen atoms in total. The Bertz CT molecular complexity index is 1400. The minimum absolute atomic E-state index is 0.0334. The molecule has 3 N–H and O–H groups in total. The van der Waals surface area contributed by atoms with Gasteiger partial charge < -0.3 is 20.1 Å². The number of aromatic nitrogens is 7. The van der Waals surface area contributed by atoms with Gasteiger partial charge in [0.05, 0.1) is 24.1 Å². The van der Waals surface area contributed by atoms with Crippen molar-refractivity contribution in [2.75, 3.05) is 6.61 Å². The average Bonchev–Trinajstić information content (AvgIpc) is 3.60. The summed E-state index contributed by atoms with van der Waals surface area (Å²) in [5.74, 6) is -0.123. The van der Waals surface area contributed by atoms with E-state index in [0.29, 0.717) is 10.7 Å². The summed E-state index contributed by atoms with van der Waals surface area (Å²) in [4.78, 5) is 4.15. The van der Waals surface area contributed by atoms with Gasteiger partial charge in [0.2, 0.25) is 0 Å². The standard InChI is InChI=1S/C21H19ClF3N7O4S/c1-9-27-29-19(32(9)13-6-10(22)2-3-11(13)21(23,24)25)18-17(35)15(16(34)14(8-33)36-18)31-7-12(28-30-31)20-26-4-5-37-20/h2-7,14-18,33-35H,8H2,1H3/t14-,15+,16+,17-,18-/m1/s1. The molecule has 0 radical (unpaired) electrons. The summed E-state index contributed by atoms with van der Waals surface area (Å²) in [5, 5.41) is 50.3. The number of hydrogen-bond acceptors (Lipinski definition) is 10. The second-order valence-corrected chi connectivity index (χ2v) is 9.60. The van der Waals surface area contributed by atoms with Crippen LogP contribution in [0.1, 0.15) is 29.4 Å². The maximum absolute atomic E-state index is 13.9. The van der Waals surface area contributed by atoms with Crippen molar-refractivity contribution in [3.63, 3.8) is 0 Å². The van der Waals surface area contributed by atoms with Gasteiger partial charge in [-0.2, -0.15) is 13.2 Å². The lowest BCUT2D eigenvalue weighted by Crippen LogP contribution is -2.53. The highest BCUT2D eigenvalue weighted by Crippen LogP contribution is 2.41. The molecular formula is C21H19ClF3N7O4S. The number of aliphatic hydroxyl groups excluding tert-OH is 3. The smallest absolute Gasteiger partial charge is 0.394 e. The molecule has 1 aliphatic rings. The molecule has 196 valence electrons. The third-order valence-electron chi connectivity index (χ3n) is 5.97. The molecule has 1 aromatic carbocycles. The summed E-state index contributed by atoms with van der Waals surface area (Å²) < 4.78 is 49.6. The van der Waals surface area contributed by atoms with E-state index in [1.54, 1.807) is 11.6 Å². The topological polar surface area (TPSA) is 144 Å². The number of nitrogens with zero attached hydrogens (tertiary/aromatic N) is 7. The van der Waals surface area contributed by atoms with Crippen LogP contribution in [-0.4, -0.2) is 75.0 Å². The molecule has 0 aliphatic carbocycles. The Hall–Kier alpha value is -2.95. The molecule has 1 aliphatic heterocycles. The van der Waals surface area contributed by atoms with Gasteiger partial charge in [0.15, 0.2) is 5.82 Å². The number of hydrogen-bond donors (Lipinski definition) is 3. The fourth-order valence-electron chi connectivity index (χ4n) is 4.29. The van der Waals surface area contributed by atoms with Crippen LogP contribution in [0, 0.1) is 6.92 Å². The van der Waals surface area contributed by atoms with E-state index in [-0.39, 0.29) is 22.4 Å². The molecule has 16 heteroatoms. The summed E-state index contributed by atoms with van der Waals surface area (Å²) >= 11 is 7.33. The predicted molar refractivity (Wildman–Crippen MR) is 123 cm³/mol. The predicted octanol–water partition coefficient (Wildman–Crippen LogP) is 2.36. The van der Waals surface area contributed by atoms with E-state index in [4.69, 9.17) is 16.3 Å². The van der Waals surface area contributed by atoms with E-state index in [2.05, 4.69) is 25.5 Å². The fraction of sp³-hybridized carbons (Fsp3) is 0.381. The lowest BCUT2D eigenvalue weighted by Gasteiger charge is -2.41. The molecule has 4 aromatic rings. The Morgan fingerprint density at radius 2 is 1.95 bits per heavy atom. The average molecular weight is 558 g/mol. The van der Waals surface area contributed by atoms with Crippen LogP contribution in [0.4, 0.5) is 13.2 Å². The number of rotatable bonds is 5. The van der Waals surface area contributed by atoms with Crippen LogP contribution in [0.3, 0.4) is 0 Å². The van der Waals surface area contributed by atoms with E-state index in [0.717, 1.165) is 22.8 Å². The van der Waals surface area contributed by atoms with E-state index in [9.17, 15) is 28.5 Å². The number of benzene rings is 1. The van der Waals surface area contributed by atoms with Gasteiger partial charge >= 0.3 is 6.18 Å². The number of alkyl halides is 3. The third kappa shape index (κ3) is 4.62. The van der Waals surface area contributed by atoms with Crippen molar-refractivity contribution in [2.24, 2.45) is 0 Å². The van der Waals surface area contributed by atoms with Gasteiger partial charge in [0, 0.05) is 16.6 Å². The Morgan fingerprint density at radius 3 is 2.62 bits per heavy atom. The largest absolute Gasteiger partial charge is 0.418 e. The lowest BCUT2D eigenvalue weighted by atomic mass is 9.92. The molecule has 5 atom stereocenters. The molecule has 0 unspecified atom stereocenters. The molecule has 0 bridgehead atoms. The highest BCUT2D eigenvalue weighted by Gasteiger charge is 2.49. The van der Waals surface area contributed by atoms with Crippen LogP contribution in [0.25, 0.3) is 16.4 Å². The summed E-state index contributed by atoms with van der Waals surface area (Å²) in [5.41, 5.74) is -1.000. The molecule has 5 rings (SSSR count). The van der Waals surface area contributed by atoms with Gasteiger partial charge in [-0.3, -0.25) is 4.57 Å². The molecule has 1 saturated heterocycles. The molecule has 4 heterocycles. The van der Waals surface area contributed by atoms with Crippen molar-refractivity contribution >= 4 is 22.9 Å². The molecule has 0 amide bonds. The zero-order valence-electron chi connectivity index (χ0n) is 18.9. The van der Waals surface area contributed by atoms with Gasteiger partial charge in [-0.1, -0.05) is 16.8 Å². The summed E-state index contributed by atoms with van der Waals surface area (Å²) in [6, 6.07) is 1.84. The van der Waals surface area contributed by atoms with Gasteiger partial charge in [0.25, 0.3) is 0 Å². The van der Waals surface area contributed by atoms with E-state index < -0.39 is 48.8 Å². The summed E-state index contributed by atoms with van der Waals surface area (Å²) in [6.07, 6.45) is -7.39. The van der Waals surface area contributed by atoms with Crippen LogP contribution < -0.4 is 0 Å². The van der Waals surface area contributed by atoms with Crippen LogP contribution in [0.5, 0.6) is 0 Å². The minimum atomic E-state index is -4.74. The van der Waals surface area contributed by atoms with Crippen LogP contribution in [-0.2, 0) is 10.9 Å².